The molecule has 0 saturated carbocycles. The fraction of sp³-hybridized carbons (Fsp3) is 0.263. The van der Waals surface area contributed by atoms with Gasteiger partial charge in [0, 0.05) is 0 Å². The third-order valence-corrected chi connectivity index (χ3v) is 3.66. The van der Waals surface area contributed by atoms with Crippen molar-refractivity contribution in [2.24, 2.45) is 0 Å². The van der Waals surface area contributed by atoms with Gasteiger partial charge in [-0.3, -0.25) is 0 Å². The zero-order valence-corrected chi connectivity index (χ0v) is 12.1. The monoisotopic (exact) mass is 250 g/mol. The van der Waals surface area contributed by atoms with Crippen LogP contribution in [0.3, 0.4) is 0 Å². The Morgan fingerprint density at radius 1 is 0.895 bits per heavy atom. The Morgan fingerprint density at radius 2 is 1.37 bits per heavy atom. The number of aryl methyl sites for hydroxylation is 2. The van der Waals surface area contributed by atoms with Gasteiger partial charge in [0.15, 0.2) is 0 Å². The number of rotatable bonds is 4. The van der Waals surface area contributed by atoms with E-state index >= 15 is 0 Å². The molecule has 0 aliphatic carbocycles. The average Bonchev–Trinajstić information content (AvgIpc) is 2.40. The van der Waals surface area contributed by atoms with E-state index < -0.39 is 0 Å². The van der Waals surface area contributed by atoms with Crippen molar-refractivity contribution in [2.75, 3.05) is 0 Å². The number of hydrogen-bond acceptors (Lipinski definition) is 0. The van der Waals surface area contributed by atoms with Gasteiger partial charge in [-0.25, -0.2) is 0 Å². The van der Waals surface area contributed by atoms with Gasteiger partial charge in [-0.05, 0) is 42.9 Å². The number of hydrogen-bond donors (Lipinski definition) is 0. The molecule has 0 heterocycles. The Bertz CT molecular complexity index is 544. The minimum Gasteiger partial charge on any atom is -0.0952 e. The topological polar surface area (TPSA) is 0 Å². The zero-order chi connectivity index (χ0) is 13.8. The molecule has 19 heavy (non-hydrogen) atoms. The second kappa shape index (κ2) is 5.88. The first kappa shape index (κ1) is 13.6. The van der Waals surface area contributed by atoms with Gasteiger partial charge in [0.1, 0.15) is 0 Å². The van der Waals surface area contributed by atoms with Crippen molar-refractivity contribution in [3.05, 3.63) is 77.4 Å². The summed E-state index contributed by atoms with van der Waals surface area (Å²) in [5.41, 5.74) is 6.47. The Kier molecular flexibility index (Phi) is 4.21. The Hall–Kier alpha value is -1.82. The van der Waals surface area contributed by atoms with Crippen molar-refractivity contribution < 1.29 is 0 Å². The first-order valence-electron chi connectivity index (χ1n) is 6.87. The summed E-state index contributed by atoms with van der Waals surface area (Å²) in [5, 5.41) is 0. The molecule has 0 fully saturated rings. The van der Waals surface area contributed by atoms with Gasteiger partial charge in [0.25, 0.3) is 0 Å². The van der Waals surface area contributed by atoms with Crippen molar-refractivity contribution in [3.8, 4) is 0 Å². The van der Waals surface area contributed by atoms with Crippen LogP contribution >= 0.6 is 0 Å². The second-order valence-corrected chi connectivity index (χ2v) is 5.49. The fourth-order valence-corrected chi connectivity index (χ4v) is 2.29. The largest absolute Gasteiger partial charge is 0.0952 e. The summed E-state index contributed by atoms with van der Waals surface area (Å²) in [6.45, 7) is 10.7. The van der Waals surface area contributed by atoms with Crippen LogP contribution in [0.4, 0.5) is 0 Å². The lowest BCUT2D eigenvalue weighted by Gasteiger charge is -2.14. The lowest BCUT2D eigenvalue weighted by atomic mass is 9.90. The molecule has 0 bridgehead atoms. The van der Waals surface area contributed by atoms with E-state index in [1.807, 2.05) is 0 Å². The molecule has 0 nitrogen and oxygen atoms in total. The highest BCUT2D eigenvalue weighted by atomic mass is 14.1. The van der Waals surface area contributed by atoms with E-state index in [0.29, 0.717) is 5.92 Å². The van der Waals surface area contributed by atoms with Crippen LogP contribution < -0.4 is 0 Å². The van der Waals surface area contributed by atoms with Crippen LogP contribution in [0.1, 0.15) is 41.5 Å². The molecule has 0 N–H and O–H groups in total. The molecule has 0 spiro atoms. The van der Waals surface area contributed by atoms with Crippen LogP contribution in [-0.4, -0.2) is 0 Å². The average molecular weight is 250 g/mol. The van der Waals surface area contributed by atoms with Crippen molar-refractivity contribution in [3.63, 3.8) is 0 Å². The fourth-order valence-electron chi connectivity index (χ4n) is 2.29. The summed E-state index contributed by atoms with van der Waals surface area (Å²) in [5.74, 6) is 0.509. The van der Waals surface area contributed by atoms with Crippen LogP contribution in [0.25, 0.3) is 5.57 Å². The maximum absolute atomic E-state index is 4.24. The van der Waals surface area contributed by atoms with Crippen LogP contribution in [0.15, 0.2) is 55.1 Å². The van der Waals surface area contributed by atoms with E-state index in [0.717, 1.165) is 6.42 Å². The molecular weight excluding hydrogens is 228 g/mol. The van der Waals surface area contributed by atoms with Crippen LogP contribution in [0, 0.1) is 13.8 Å². The lowest BCUT2D eigenvalue weighted by molar-refractivity contribution is 0.792. The molecule has 0 radical (unpaired) electrons. The summed E-state index contributed by atoms with van der Waals surface area (Å²) >= 11 is 0. The maximum atomic E-state index is 4.24. The summed E-state index contributed by atoms with van der Waals surface area (Å²) < 4.78 is 0. The van der Waals surface area contributed by atoms with Crippen LogP contribution in [0.2, 0.25) is 0 Å². The first-order valence-corrected chi connectivity index (χ1v) is 6.87. The van der Waals surface area contributed by atoms with Gasteiger partial charge < -0.3 is 0 Å². The van der Waals surface area contributed by atoms with Crippen molar-refractivity contribution in [1.29, 1.82) is 0 Å². The summed E-state index contributed by atoms with van der Waals surface area (Å²) in [6.07, 6.45) is 1.01. The smallest absolute Gasteiger partial charge is 0.0150 e. The molecule has 2 aromatic rings. The standard InChI is InChI=1S/C19H22/c1-14-5-9-18(10-6-14)16(3)13-17(4)19-11-7-15(2)8-12-19/h5-12,17H,3,13H2,1-2,4H3. The van der Waals surface area contributed by atoms with E-state index in [9.17, 15) is 0 Å². The number of benzene rings is 2. The molecule has 2 aromatic carbocycles. The Balaban J connectivity index is 2.06. The van der Waals surface area contributed by atoms with Crippen LogP contribution in [-0.2, 0) is 0 Å². The van der Waals surface area contributed by atoms with Gasteiger partial charge in [0.05, 0.1) is 0 Å². The molecular formula is C19H22. The third kappa shape index (κ3) is 3.57. The van der Waals surface area contributed by atoms with E-state index in [1.54, 1.807) is 0 Å². The van der Waals surface area contributed by atoms with E-state index in [-0.39, 0.29) is 0 Å². The molecule has 0 aliphatic rings. The minimum atomic E-state index is 0.509. The number of allylic oxidation sites excluding steroid dienone is 1. The SMILES string of the molecule is C=C(CC(C)c1ccc(C)cc1)c1ccc(C)cc1. The van der Waals surface area contributed by atoms with Gasteiger partial charge >= 0.3 is 0 Å². The van der Waals surface area contributed by atoms with Crippen LogP contribution in [0.5, 0.6) is 0 Å². The van der Waals surface area contributed by atoms with Gasteiger partial charge in [-0.2, -0.15) is 0 Å². The van der Waals surface area contributed by atoms with Crippen molar-refractivity contribution >= 4 is 5.57 Å². The normalized spacial score (nSPS) is 12.2. The third-order valence-electron chi connectivity index (χ3n) is 3.66. The van der Waals surface area contributed by atoms with Crippen molar-refractivity contribution in [2.45, 2.75) is 33.1 Å². The van der Waals surface area contributed by atoms with E-state index in [1.165, 1.54) is 27.8 Å². The van der Waals surface area contributed by atoms with Gasteiger partial charge in [-0.1, -0.05) is 73.2 Å². The van der Waals surface area contributed by atoms with E-state index in [2.05, 4.69) is 75.9 Å². The second-order valence-electron chi connectivity index (χ2n) is 5.49. The summed E-state index contributed by atoms with van der Waals surface area (Å²) in [4.78, 5) is 0. The summed E-state index contributed by atoms with van der Waals surface area (Å²) in [6, 6.07) is 17.4. The zero-order valence-electron chi connectivity index (χ0n) is 12.1. The molecule has 0 heteroatoms. The lowest BCUT2D eigenvalue weighted by Crippen LogP contribution is -1.95. The molecule has 1 unspecified atom stereocenters. The minimum absolute atomic E-state index is 0.509. The highest BCUT2D eigenvalue weighted by Gasteiger charge is 2.08. The quantitative estimate of drug-likeness (QED) is 0.671. The maximum Gasteiger partial charge on any atom is -0.0150 e. The highest BCUT2D eigenvalue weighted by Crippen LogP contribution is 2.27. The van der Waals surface area contributed by atoms with E-state index in [4.69, 9.17) is 0 Å². The molecule has 0 aliphatic heterocycles. The highest BCUT2D eigenvalue weighted by molar-refractivity contribution is 5.64. The predicted octanol–water partition coefficient (Wildman–Crippen LogP) is 5.51. The van der Waals surface area contributed by atoms with Gasteiger partial charge in [-0.15, -0.1) is 0 Å². The molecule has 2 rings (SSSR count). The molecule has 0 aromatic heterocycles. The Labute approximate surface area is 116 Å². The first-order chi connectivity index (χ1) is 9.06. The Morgan fingerprint density at radius 3 is 1.89 bits per heavy atom. The van der Waals surface area contributed by atoms with Gasteiger partial charge in [0.2, 0.25) is 0 Å². The molecule has 0 saturated heterocycles. The van der Waals surface area contributed by atoms with Crippen molar-refractivity contribution in [1.82, 2.24) is 0 Å². The molecule has 98 valence electrons. The summed E-state index contributed by atoms with van der Waals surface area (Å²) in [7, 11) is 0. The molecule has 0 amide bonds. The predicted molar refractivity (Wildman–Crippen MR) is 84.4 cm³/mol. The molecule has 1 atom stereocenters.